The Kier molecular flexibility index (Phi) is 6.07. The van der Waals surface area contributed by atoms with Crippen molar-refractivity contribution >= 4 is 28.4 Å². The zero-order valence-corrected chi connectivity index (χ0v) is 20.1. The largest absolute Gasteiger partial charge is 0.485 e. The van der Waals surface area contributed by atoms with Gasteiger partial charge < -0.3 is 24.3 Å². The minimum atomic E-state index is -0.473. The van der Waals surface area contributed by atoms with Crippen LogP contribution in [0, 0.1) is 6.92 Å². The van der Waals surface area contributed by atoms with Gasteiger partial charge in [0.15, 0.2) is 6.61 Å². The zero-order chi connectivity index (χ0) is 24.5. The third-order valence-electron chi connectivity index (χ3n) is 6.14. The molecule has 9 heteroatoms. The second kappa shape index (κ2) is 9.32. The maximum Gasteiger partial charge on any atom is 0.411 e. The second-order valence-corrected chi connectivity index (χ2v) is 9.07. The number of amides is 1. The van der Waals surface area contributed by atoms with E-state index in [0.717, 1.165) is 40.7 Å². The van der Waals surface area contributed by atoms with E-state index in [1.165, 1.54) is 6.42 Å². The van der Waals surface area contributed by atoms with Gasteiger partial charge in [-0.1, -0.05) is 17.3 Å². The Balaban J connectivity index is 1.46. The van der Waals surface area contributed by atoms with Crippen LogP contribution in [0.15, 0.2) is 47.0 Å². The molecule has 1 amide bonds. The molecule has 2 aromatic heterocycles. The molecule has 35 heavy (non-hydrogen) atoms. The van der Waals surface area contributed by atoms with Crippen LogP contribution in [0.25, 0.3) is 22.2 Å². The van der Waals surface area contributed by atoms with Gasteiger partial charge in [-0.2, -0.15) is 4.98 Å². The van der Waals surface area contributed by atoms with Gasteiger partial charge in [0.05, 0.1) is 23.0 Å². The van der Waals surface area contributed by atoms with Crippen LogP contribution in [-0.4, -0.2) is 26.9 Å². The monoisotopic (exact) mass is 475 g/mol. The molecule has 5 rings (SSSR count). The number of hydrogen-bond donors (Lipinski definition) is 2. The van der Waals surface area contributed by atoms with Crippen molar-refractivity contribution in [2.75, 3.05) is 11.1 Å². The number of anilines is 2. The summed E-state index contributed by atoms with van der Waals surface area (Å²) in [6.07, 6.45) is 2.74. The number of carbonyl (C=O) groups excluding carboxylic acids is 1. The fraction of sp³-hybridized carbons (Fsp3) is 0.346. The number of hydrogen-bond acceptors (Lipinski definition) is 7. The minimum Gasteiger partial charge on any atom is -0.485 e. The third-order valence-corrected chi connectivity index (χ3v) is 6.14. The topological polar surface area (TPSA) is 117 Å². The minimum absolute atomic E-state index is 0.183. The predicted molar refractivity (Wildman–Crippen MR) is 133 cm³/mol. The highest BCUT2D eigenvalue weighted by molar-refractivity contribution is 6.01. The molecule has 0 unspecified atom stereocenters. The fourth-order valence-corrected chi connectivity index (χ4v) is 4.35. The van der Waals surface area contributed by atoms with E-state index < -0.39 is 6.09 Å². The highest BCUT2D eigenvalue weighted by Crippen LogP contribution is 2.45. The van der Waals surface area contributed by atoms with Gasteiger partial charge in [0.25, 0.3) is 0 Å². The maximum absolute atomic E-state index is 11.9. The SMILES string of the molecule is Cc1nc(COc2ccc3c(N)c(-c4ccc(NC(=O)OC(C)C)cc4)n(C4CCC4)c3c2)no1. The highest BCUT2D eigenvalue weighted by Gasteiger charge is 2.27. The third kappa shape index (κ3) is 4.66. The number of fused-ring (bicyclic) bond motifs is 1. The average Bonchev–Trinajstić information content (AvgIpc) is 3.32. The summed E-state index contributed by atoms with van der Waals surface area (Å²) in [5.74, 6) is 1.73. The van der Waals surface area contributed by atoms with Crippen LogP contribution in [0.1, 0.15) is 50.9 Å². The van der Waals surface area contributed by atoms with Crippen molar-refractivity contribution in [2.24, 2.45) is 0 Å². The van der Waals surface area contributed by atoms with E-state index in [9.17, 15) is 4.79 Å². The van der Waals surface area contributed by atoms with Crippen LogP contribution in [-0.2, 0) is 11.3 Å². The van der Waals surface area contributed by atoms with Crippen molar-refractivity contribution in [1.82, 2.24) is 14.7 Å². The number of nitrogen functional groups attached to an aromatic ring is 1. The van der Waals surface area contributed by atoms with Crippen LogP contribution in [0.3, 0.4) is 0 Å². The molecule has 0 aliphatic heterocycles. The number of carbonyl (C=O) groups is 1. The van der Waals surface area contributed by atoms with Crippen molar-refractivity contribution < 1.29 is 18.8 Å². The fourth-order valence-electron chi connectivity index (χ4n) is 4.35. The summed E-state index contributed by atoms with van der Waals surface area (Å²) < 4.78 is 18.5. The Bertz CT molecular complexity index is 1350. The van der Waals surface area contributed by atoms with Crippen molar-refractivity contribution in [3.05, 3.63) is 54.2 Å². The molecule has 182 valence electrons. The Labute approximate surface area is 203 Å². The molecule has 1 aliphatic rings. The molecule has 1 saturated carbocycles. The summed E-state index contributed by atoms with van der Waals surface area (Å²) in [6, 6.07) is 14.0. The van der Waals surface area contributed by atoms with Crippen LogP contribution in [0.2, 0.25) is 0 Å². The summed E-state index contributed by atoms with van der Waals surface area (Å²) in [5, 5.41) is 7.63. The number of rotatable bonds is 7. The van der Waals surface area contributed by atoms with E-state index in [2.05, 4.69) is 20.0 Å². The van der Waals surface area contributed by atoms with Crippen LogP contribution in [0.5, 0.6) is 5.75 Å². The first-order valence-electron chi connectivity index (χ1n) is 11.8. The molecule has 3 N–H and O–H groups in total. The molecule has 4 aromatic rings. The van der Waals surface area contributed by atoms with Gasteiger partial charge >= 0.3 is 6.09 Å². The highest BCUT2D eigenvalue weighted by atomic mass is 16.6. The quantitative estimate of drug-likeness (QED) is 0.345. The smallest absolute Gasteiger partial charge is 0.411 e. The number of aromatic nitrogens is 3. The number of nitrogens with one attached hydrogen (secondary N) is 1. The summed E-state index contributed by atoms with van der Waals surface area (Å²) in [4.78, 5) is 16.1. The number of ether oxygens (including phenoxy) is 2. The molecule has 1 aliphatic carbocycles. The molecule has 0 spiro atoms. The van der Waals surface area contributed by atoms with E-state index in [1.54, 1.807) is 6.92 Å². The van der Waals surface area contributed by atoms with E-state index in [4.69, 9.17) is 19.7 Å². The first kappa shape index (κ1) is 22.8. The molecule has 0 bridgehead atoms. The van der Waals surface area contributed by atoms with Crippen molar-refractivity contribution in [3.63, 3.8) is 0 Å². The lowest BCUT2D eigenvalue weighted by atomic mass is 9.92. The summed E-state index contributed by atoms with van der Waals surface area (Å²) in [5.41, 5.74) is 11.1. The van der Waals surface area contributed by atoms with Crippen LogP contribution >= 0.6 is 0 Å². The van der Waals surface area contributed by atoms with Crippen molar-refractivity contribution in [2.45, 2.75) is 58.8 Å². The van der Waals surface area contributed by atoms with Gasteiger partial charge in [-0.15, -0.1) is 0 Å². The first-order valence-corrected chi connectivity index (χ1v) is 11.8. The van der Waals surface area contributed by atoms with E-state index in [-0.39, 0.29) is 12.7 Å². The molecule has 0 atom stereocenters. The number of nitrogens with zero attached hydrogens (tertiary/aromatic N) is 3. The van der Waals surface area contributed by atoms with Gasteiger partial charge in [-0.3, -0.25) is 5.32 Å². The Morgan fingerprint density at radius 3 is 2.63 bits per heavy atom. The standard InChI is InChI=1S/C26H29N5O4/c1-15(2)34-26(32)29-18-9-7-17(8-10-18)25-24(27)21-12-11-20(33-14-23-28-16(3)35-30-23)13-22(21)31(25)19-5-4-6-19/h7-13,15,19H,4-6,14,27H2,1-3H3,(H,29,32). The number of nitrogens with two attached hydrogens (primary N) is 1. The maximum atomic E-state index is 11.9. The molecular formula is C26H29N5O4. The molecule has 0 radical (unpaired) electrons. The number of aryl methyl sites for hydroxylation is 1. The normalized spacial score (nSPS) is 13.7. The van der Waals surface area contributed by atoms with Crippen molar-refractivity contribution in [1.29, 1.82) is 0 Å². The van der Waals surface area contributed by atoms with Gasteiger partial charge in [-0.05, 0) is 57.4 Å². The summed E-state index contributed by atoms with van der Waals surface area (Å²) in [7, 11) is 0. The van der Waals surface area contributed by atoms with Gasteiger partial charge in [0.1, 0.15) is 5.75 Å². The van der Waals surface area contributed by atoms with E-state index >= 15 is 0 Å². The molecule has 2 heterocycles. The Hall–Kier alpha value is -4.01. The second-order valence-electron chi connectivity index (χ2n) is 9.07. The molecular weight excluding hydrogens is 446 g/mol. The van der Waals surface area contributed by atoms with Crippen LogP contribution in [0.4, 0.5) is 16.2 Å². The lowest BCUT2D eigenvalue weighted by Gasteiger charge is -2.30. The summed E-state index contributed by atoms with van der Waals surface area (Å²) in [6.45, 7) is 5.60. The van der Waals surface area contributed by atoms with Gasteiger partial charge in [0, 0.05) is 35.7 Å². The Morgan fingerprint density at radius 1 is 1.23 bits per heavy atom. The predicted octanol–water partition coefficient (Wildman–Crippen LogP) is 5.84. The van der Waals surface area contributed by atoms with Gasteiger partial charge in [-0.25, -0.2) is 4.79 Å². The van der Waals surface area contributed by atoms with Crippen molar-refractivity contribution in [3.8, 4) is 17.0 Å². The van der Waals surface area contributed by atoms with E-state index in [0.29, 0.717) is 29.2 Å². The average molecular weight is 476 g/mol. The molecule has 2 aromatic carbocycles. The lowest BCUT2D eigenvalue weighted by Crippen LogP contribution is -2.18. The summed E-state index contributed by atoms with van der Waals surface area (Å²) >= 11 is 0. The van der Waals surface area contributed by atoms with E-state index in [1.807, 2.05) is 56.3 Å². The molecule has 9 nitrogen and oxygen atoms in total. The Morgan fingerprint density at radius 2 is 2.00 bits per heavy atom. The number of benzene rings is 2. The lowest BCUT2D eigenvalue weighted by molar-refractivity contribution is 0.130. The molecule has 1 fully saturated rings. The van der Waals surface area contributed by atoms with Gasteiger partial charge in [0.2, 0.25) is 11.7 Å². The van der Waals surface area contributed by atoms with Crippen LogP contribution < -0.4 is 15.8 Å². The zero-order valence-electron chi connectivity index (χ0n) is 20.1. The first-order chi connectivity index (χ1) is 16.9. The molecule has 0 saturated heterocycles.